The Morgan fingerprint density at radius 3 is 2.00 bits per heavy atom. The van der Waals surface area contributed by atoms with Gasteiger partial charge in [0.15, 0.2) is 11.5 Å². The molecule has 0 aromatic rings. The minimum atomic E-state index is 0.419. The van der Waals surface area contributed by atoms with E-state index in [1.165, 1.54) is 14.2 Å². The monoisotopic (exact) mass is 210 g/mol. The molecule has 0 fully saturated rings. The Balaban J connectivity index is 5.25. The first kappa shape index (κ1) is 13.4. The average molecular weight is 210 g/mol. The van der Waals surface area contributed by atoms with E-state index < -0.39 is 0 Å². The molecule has 0 spiro atoms. The highest BCUT2D eigenvalue weighted by atomic mass is 16.5. The number of allylic oxidation sites excluding steroid dienone is 3. The van der Waals surface area contributed by atoms with Crippen LogP contribution in [0.1, 0.15) is 6.92 Å². The van der Waals surface area contributed by atoms with Gasteiger partial charge in [0.2, 0.25) is 5.76 Å². The lowest BCUT2D eigenvalue weighted by molar-refractivity contribution is 0.192. The summed E-state index contributed by atoms with van der Waals surface area (Å²) in [7, 11) is 4.62. The van der Waals surface area contributed by atoms with E-state index in [4.69, 9.17) is 14.2 Å². The van der Waals surface area contributed by atoms with Crippen molar-refractivity contribution in [1.82, 2.24) is 0 Å². The molecule has 0 saturated heterocycles. The Bertz CT molecular complexity index is 298. The number of hydrogen-bond donors (Lipinski definition) is 0. The molecule has 0 aromatic heterocycles. The van der Waals surface area contributed by atoms with Crippen LogP contribution in [0, 0.1) is 0 Å². The molecule has 0 N–H and O–H groups in total. The predicted molar refractivity (Wildman–Crippen MR) is 61.1 cm³/mol. The maximum Gasteiger partial charge on any atom is 0.202 e. The fraction of sp³-hybridized carbons (Fsp3) is 0.333. The quantitative estimate of drug-likeness (QED) is 0.498. The second kappa shape index (κ2) is 6.76. The third-order valence-electron chi connectivity index (χ3n) is 1.83. The summed E-state index contributed by atoms with van der Waals surface area (Å²) in [5, 5.41) is 0. The first-order valence-corrected chi connectivity index (χ1v) is 4.46. The number of methoxy groups -OCH3 is 3. The lowest BCUT2D eigenvalue weighted by Gasteiger charge is -2.12. The van der Waals surface area contributed by atoms with Crippen molar-refractivity contribution in [1.29, 1.82) is 0 Å². The van der Waals surface area contributed by atoms with Crippen LogP contribution >= 0.6 is 0 Å². The maximum atomic E-state index is 5.19. The molecule has 0 bridgehead atoms. The second-order valence-electron chi connectivity index (χ2n) is 2.82. The fourth-order valence-corrected chi connectivity index (χ4v) is 0.927. The Labute approximate surface area is 91.3 Å². The molecule has 3 heteroatoms. The Hall–Kier alpha value is -1.64. The molecule has 0 atom stereocenters. The van der Waals surface area contributed by atoms with E-state index in [-0.39, 0.29) is 0 Å². The summed E-state index contributed by atoms with van der Waals surface area (Å²) in [6.07, 6.45) is 3.53. The van der Waals surface area contributed by atoms with Crippen LogP contribution in [0.25, 0.3) is 0 Å². The molecule has 0 unspecified atom stereocenters. The van der Waals surface area contributed by atoms with Gasteiger partial charge in [-0.3, -0.25) is 0 Å². The van der Waals surface area contributed by atoms with Crippen LogP contribution in [0.15, 0.2) is 48.2 Å². The summed E-state index contributed by atoms with van der Waals surface area (Å²) < 4.78 is 15.3. The second-order valence-corrected chi connectivity index (χ2v) is 2.82. The van der Waals surface area contributed by atoms with E-state index in [9.17, 15) is 0 Å². The van der Waals surface area contributed by atoms with Crippen molar-refractivity contribution < 1.29 is 14.2 Å². The molecular formula is C12H18O3. The zero-order chi connectivity index (χ0) is 11.8. The summed E-state index contributed by atoms with van der Waals surface area (Å²) in [6, 6.07) is 0. The summed E-state index contributed by atoms with van der Waals surface area (Å²) in [4.78, 5) is 0. The molecule has 0 aliphatic carbocycles. The molecule has 0 heterocycles. The van der Waals surface area contributed by atoms with Crippen LogP contribution < -0.4 is 0 Å². The van der Waals surface area contributed by atoms with E-state index in [0.717, 1.165) is 5.57 Å². The first-order valence-electron chi connectivity index (χ1n) is 4.46. The molecule has 0 aromatic carbocycles. The standard InChI is InChI=1S/C12H18O3/c1-7-9(2)8-11(14-5)12(15-6)10(3)13-4/h7-8H,1,3H2,2,4-6H3. The van der Waals surface area contributed by atoms with Gasteiger partial charge in [-0.15, -0.1) is 0 Å². The highest BCUT2D eigenvalue weighted by Crippen LogP contribution is 2.17. The van der Waals surface area contributed by atoms with Crippen molar-refractivity contribution in [3.63, 3.8) is 0 Å². The highest BCUT2D eigenvalue weighted by Gasteiger charge is 2.10. The van der Waals surface area contributed by atoms with Gasteiger partial charge in [0, 0.05) is 0 Å². The van der Waals surface area contributed by atoms with E-state index in [1.807, 2.05) is 6.92 Å². The normalized spacial score (nSPS) is 12.7. The summed E-state index contributed by atoms with van der Waals surface area (Å²) in [6.45, 7) is 9.27. The van der Waals surface area contributed by atoms with Crippen molar-refractivity contribution in [2.45, 2.75) is 6.92 Å². The third-order valence-corrected chi connectivity index (χ3v) is 1.83. The van der Waals surface area contributed by atoms with Gasteiger partial charge in [0.05, 0.1) is 21.3 Å². The molecular weight excluding hydrogens is 192 g/mol. The van der Waals surface area contributed by atoms with E-state index in [1.54, 1.807) is 19.3 Å². The van der Waals surface area contributed by atoms with Crippen molar-refractivity contribution >= 4 is 0 Å². The van der Waals surface area contributed by atoms with Gasteiger partial charge in [0.1, 0.15) is 0 Å². The van der Waals surface area contributed by atoms with Gasteiger partial charge in [-0.2, -0.15) is 0 Å². The van der Waals surface area contributed by atoms with Crippen LogP contribution in [0.4, 0.5) is 0 Å². The maximum absolute atomic E-state index is 5.19. The topological polar surface area (TPSA) is 27.7 Å². The van der Waals surface area contributed by atoms with Crippen molar-refractivity contribution in [3.8, 4) is 0 Å². The molecule has 0 radical (unpaired) electrons. The van der Waals surface area contributed by atoms with Crippen molar-refractivity contribution in [2.75, 3.05) is 21.3 Å². The van der Waals surface area contributed by atoms with Crippen LogP contribution in [0.3, 0.4) is 0 Å². The number of rotatable bonds is 6. The lowest BCUT2D eigenvalue weighted by atomic mass is 10.2. The summed E-state index contributed by atoms with van der Waals surface area (Å²) >= 11 is 0. The SMILES string of the molecule is C=CC(C)=CC(OC)=C(OC)C(=C)OC. The molecule has 0 rings (SSSR count). The van der Waals surface area contributed by atoms with Crippen molar-refractivity contribution in [2.24, 2.45) is 0 Å². The molecule has 0 aliphatic rings. The first-order chi connectivity index (χ1) is 7.10. The van der Waals surface area contributed by atoms with Crippen LogP contribution in [-0.2, 0) is 14.2 Å². The van der Waals surface area contributed by atoms with Crippen LogP contribution in [-0.4, -0.2) is 21.3 Å². The van der Waals surface area contributed by atoms with Gasteiger partial charge in [-0.25, -0.2) is 0 Å². The van der Waals surface area contributed by atoms with Gasteiger partial charge in [0.25, 0.3) is 0 Å². The highest BCUT2D eigenvalue weighted by molar-refractivity contribution is 5.32. The zero-order valence-corrected chi connectivity index (χ0v) is 9.79. The van der Waals surface area contributed by atoms with Gasteiger partial charge in [-0.1, -0.05) is 19.2 Å². The number of ether oxygens (including phenoxy) is 3. The van der Waals surface area contributed by atoms with Crippen LogP contribution in [0.2, 0.25) is 0 Å². The molecule has 0 saturated carbocycles. The van der Waals surface area contributed by atoms with Crippen LogP contribution in [0.5, 0.6) is 0 Å². The molecule has 84 valence electrons. The molecule has 0 amide bonds. The van der Waals surface area contributed by atoms with Gasteiger partial charge in [-0.05, 0) is 18.6 Å². The average Bonchev–Trinajstić information content (AvgIpc) is 2.27. The third kappa shape index (κ3) is 3.94. The Kier molecular flexibility index (Phi) is 6.02. The fourth-order valence-electron chi connectivity index (χ4n) is 0.927. The molecule has 0 aliphatic heterocycles. The lowest BCUT2D eigenvalue weighted by Crippen LogP contribution is -2.00. The van der Waals surface area contributed by atoms with Gasteiger partial charge < -0.3 is 14.2 Å². The van der Waals surface area contributed by atoms with E-state index in [2.05, 4.69) is 13.2 Å². The smallest absolute Gasteiger partial charge is 0.202 e. The zero-order valence-electron chi connectivity index (χ0n) is 9.79. The number of hydrogen-bond acceptors (Lipinski definition) is 3. The Morgan fingerprint density at radius 2 is 1.67 bits per heavy atom. The Morgan fingerprint density at radius 1 is 1.07 bits per heavy atom. The summed E-state index contributed by atoms with van der Waals surface area (Å²) in [5.74, 6) is 1.45. The molecule has 15 heavy (non-hydrogen) atoms. The minimum absolute atomic E-state index is 0.419. The summed E-state index contributed by atoms with van der Waals surface area (Å²) in [5.41, 5.74) is 0.963. The minimum Gasteiger partial charge on any atom is -0.493 e. The predicted octanol–water partition coefficient (Wildman–Crippen LogP) is 2.78. The molecule has 3 nitrogen and oxygen atoms in total. The van der Waals surface area contributed by atoms with Crippen molar-refractivity contribution in [3.05, 3.63) is 48.2 Å². The van der Waals surface area contributed by atoms with E-state index >= 15 is 0 Å². The van der Waals surface area contributed by atoms with E-state index in [0.29, 0.717) is 17.3 Å². The van der Waals surface area contributed by atoms with Gasteiger partial charge >= 0.3 is 0 Å². The largest absolute Gasteiger partial charge is 0.493 e.